The number of carbonyl (C=O) groups is 1. The number of nitrogens with zero attached hydrogens (tertiary/aromatic N) is 1. The van der Waals surface area contributed by atoms with E-state index in [2.05, 4.69) is 0 Å². The first-order chi connectivity index (χ1) is 9.73. The summed E-state index contributed by atoms with van der Waals surface area (Å²) in [6.07, 6.45) is -0.946. The van der Waals surface area contributed by atoms with Crippen molar-refractivity contribution >= 4 is 5.97 Å². The van der Waals surface area contributed by atoms with E-state index >= 15 is 0 Å². The lowest BCUT2D eigenvalue weighted by molar-refractivity contribution is -0.150. The van der Waals surface area contributed by atoms with Crippen molar-refractivity contribution < 1.29 is 22.7 Å². The van der Waals surface area contributed by atoms with Crippen molar-refractivity contribution in [3.63, 3.8) is 0 Å². The molecule has 1 fully saturated rings. The van der Waals surface area contributed by atoms with Crippen molar-refractivity contribution in [1.82, 2.24) is 4.90 Å². The zero-order chi connectivity index (χ0) is 16.1. The standard InChI is InChI=1S/C14H25F3N2O2/c1-3-8-19(10-14(15,16)17)9-6-11-5-4-7-13(11,18)12(20)21-2/h11H,3-10,18H2,1-2H3. The molecule has 1 rings (SSSR count). The van der Waals surface area contributed by atoms with Gasteiger partial charge in [0.05, 0.1) is 13.7 Å². The second-order valence-electron chi connectivity index (χ2n) is 5.80. The van der Waals surface area contributed by atoms with Gasteiger partial charge in [-0.1, -0.05) is 13.3 Å². The first-order valence-electron chi connectivity index (χ1n) is 7.39. The van der Waals surface area contributed by atoms with E-state index in [1.807, 2.05) is 6.92 Å². The number of ether oxygens (including phenoxy) is 1. The fourth-order valence-electron chi connectivity index (χ4n) is 3.14. The van der Waals surface area contributed by atoms with Gasteiger partial charge in [0, 0.05) is 0 Å². The van der Waals surface area contributed by atoms with Crippen LogP contribution in [0.15, 0.2) is 0 Å². The minimum atomic E-state index is -4.20. The fourth-order valence-corrected chi connectivity index (χ4v) is 3.14. The molecule has 0 bridgehead atoms. The average Bonchev–Trinajstić information content (AvgIpc) is 2.76. The van der Waals surface area contributed by atoms with Crippen molar-refractivity contribution in [2.75, 3.05) is 26.7 Å². The third-order valence-electron chi connectivity index (χ3n) is 4.17. The van der Waals surface area contributed by atoms with Gasteiger partial charge in [-0.25, -0.2) is 0 Å². The normalized spacial score (nSPS) is 26.3. The maximum Gasteiger partial charge on any atom is 0.401 e. The van der Waals surface area contributed by atoms with Crippen LogP contribution in [0, 0.1) is 5.92 Å². The van der Waals surface area contributed by atoms with Crippen molar-refractivity contribution in [1.29, 1.82) is 0 Å². The van der Waals surface area contributed by atoms with E-state index in [-0.39, 0.29) is 5.92 Å². The lowest BCUT2D eigenvalue weighted by Gasteiger charge is -2.31. The molecular weight excluding hydrogens is 285 g/mol. The summed E-state index contributed by atoms with van der Waals surface area (Å²) in [5.74, 6) is -0.569. The van der Waals surface area contributed by atoms with Gasteiger partial charge in [0.2, 0.25) is 0 Å². The zero-order valence-corrected chi connectivity index (χ0v) is 12.7. The van der Waals surface area contributed by atoms with Crippen LogP contribution in [0.5, 0.6) is 0 Å². The topological polar surface area (TPSA) is 55.6 Å². The van der Waals surface area contributed by atoms with Crippen LogP contribution < -0.4 is 5.73 Å². The Labute approximate surface area is 123 Å². The number of halogens is 3. The minimum absolute atomic E-state index is 0.113. The predicted molar refractivity (Wildman–Crippen MR) is 73.7 cm³/mol. The fraction of sp³-hybridized carbons (Fsp3) is 0.929. The van der Waals surface area contributed by atoms with Gasteiger partial charge in [-0.2, -0.15) is 13.2 Å². The number of hydrogen-bond donors (Lipinski definition) is 1. The molecule has 1 aliphatic rings. The Kier molecular flexibility index (Phi) is 6.46. The Morgan fingerprint density at radius 3 is 2.62 bits per heavy atom. The van der Waals surface area contributed by atoms with E-state index in [0.29, 0.717) is 32.4 Å². The second-order valence-corrected chi connectivity index (χ2v) is 5.80. The summed E-state index contributed by atoms with van der Waals surface area (Å²) in [5, 5.41) is 0. The Morgan fingerprint density at radius 2 is 2.10 bits per heavy atom. The number of esters is 1. The van der Waals surface area contributed by atoms with E-state index in [1.54, 1.807) is 0 Å². The lowest BCUT2D eigenvalue weighted by atomic mass is 9.85. The molecule has 0 aromatic rings. The summed E-state index contributed by atoms with van der Waals surface area (Å²) in [7, 11) is 1.29. The molecule has 0 saturated heterocycles. The Bertz CT molecular complexity index is 350. The second kappa shape index (κ2) is 7.45. The SMILES string of the molecule is CCCN(CCC1CCCC1(N)C(=O)OC)CC(F)(F)F. The van der Waals surface area contributed by atoms with Crippen molar-refractivity contribution in [3.8, 4) is 0 Å². The summed E-state index contributed by atoms with van der Waals surface area (Å²) in [4.78, 5) is 13.2. The van der Waals surface area contributed by atoms with Crippen LogP contribution in [0.1, 0.15) is 39.0 Å². The van der Waals surface area contributed by atoms with Crippen LogP contribution in [-0.2, 0) is 9.53 Å². The molecule has 4 nitrogen and oxygen atoms in total. The maximum absolute atomic E-state index is 12.5. The van der Waals surface area contributed by atoms with E-state index in [0.717, 1.165) is 12.8 Å². The largest absolute Gasteiger partial charge is 0.468 e. The first kappa shape index (κ1) is 18.2. The highest BCUT2D eigenvalue weighted by atomic mass is 19.4. The summed E-state index contributed by atoms with van der Waals surface area (Å²) >= 11 is 0. The van der Waals surface area contributed by atoms with Crippen LogP contribution in [0.2, 0.25) is 0 Å². The molecule has 0 heterocycles. The molecule has 0 radical (unpaired) electrons. The van der Waals surface area contributed by atoms with Crippen LogP contribution in [0.25, 0.3) is 0 Å². The van der Waals surface area contributed by atoms with Gasteiger partial charge in [0.15, 0.2) is 0 Å². The highest BCUT2D eigenvalue weighted by Crippen LogP contribution is 2.37. The molecule has 2 atom stereocenters. The maximum atomic E-state index is 12.5. The molecule has 2 N–H and O–H groups in total. The van der Waals surface area contributed by atoms with Crippen LogP contribution in [0.4, 0.5) is 13.2 Å². The molecule has 0 amide bonds. The monoisotopic (exact) mass is 310 g/mol. The Balaban J connectivity index is 2.60. The third kappa shape index (κ3) is 5.14. The van der Waals surface area contributed by atoms with Crippen LogP contribution >= 0.6 is 0 Å². The Morgan fingerprint density at radius 1 is 1.43 bits per heavy atom. The third-order valence-corrected chi connectivity index (χ3v) is 4.17. The molecule has 7 heteroatoms. The predicted octanol–water partition coefficient (Wildman–Crippen LogP) is 2.32. The molecule has 2 unspecified atom stereocenters. The number of rotatable bonds is 7. The van der Waals surface area contributed by atoms with Crippen LogP contribution in [-0.4, -0.2) is 49.3 Å². The van der Waals surface area contributed by atoms with Gasteiger partial charge in [0.25, 0.3) is 0 Å². The summed E-state index contributed by atoms with van der Waals surface area (Å²) in [6.45, 7) is 1.62. The quantitative estimate of drug-likeness (QED) is 0.733. The van der Waals surface area contributed by atoms with Gasteiger partial charge in [-0.05, 0) is 44.7 Å². The van der Waals surface area contributed by atoms with Gasteiger partial charge >= 0.3 is 12.1 Å². The number of nitrogens with two attached hydrogens (primary N) is 1. The van der Waals surface area contributed by atoms with Gasteiger partial charge in [-0.15, -0.1) is 0 Å². The average molecular weight is 310 g/mol. The van der Waals surface area contributed by atoms with Crippen molar-refractivity contribution in [2.24, 2.45) is 11.7 Å². The lowest BCUT2D eigenvalue weighted by Crippen LogP contribution is -2.52. The van der Waals surface area contributed by atoms with Crippen molar-refractivity contribution in [2.45, 2.75) is 50.7 Å². The van der Waals surface area contributed by atoms with E-state index in [9.17, 15) is 18.0 Å². The number of hydrogen-bond acceptors (Lipinski definition) is 4. The molecule has 124 valence electrons. The molecule has 1 aliphatic carbocycles. The molecule has 0 aromatic carbocycles. The number of methoxy groups -OCH3 is 1. The molecule has 0 aromatic heterocycles. The van der Waals surface area contributed by atoms with Crippen LogP contribution in [0.3, 0.4) is 0 Å². The van der Waals surface area contributed by atoms with Gasteiger partial charge in [-0.3, -0.25) is 9.69 Å². The minimum Gasteiger partial charge on any atom is -0.468 e. The smallest absolute Gasteiger partial charge is 0.401 e. The first-order valence-corrected chi connectivity index (χ1v) is 7.39. The van der Waals surface area contributed by atoms with Gasteiger partial charge in [0.1, 0.15) is 5.54 Å². The number of alkyl halides is 3. The summed E-state index contributed by atoms with van der Waals surface area (Å²) < 4.78 is 42.3. The summed E-state index contributed by atoms with van der Waals surface area (Å²) in [5.41, 5.74) is 5.09. The highest BCUT2D eigenvalue weighted by Gasteiger charge is 2.46. The van der Waals surface area contributed by atoms with Crippen molar-refractivity contribution in [3.05, 3.63) is 0 Å². The highest BCUT2D eigenvalue weighted by molar-refractivity contribution is 5.81. The molecule has 21 heavy (non-hydrogen) atoms. The molecular formula is C14H25F3N2O2. The molecule has 0 aliphatic heterocycles. The van der Waals surface area contributed by atoms with Gasteiger partial charge < -0.3 is 10.5 Å². The zero-order valence-electron chi connectivity index (χ0n) is 12.7. The van der Waals surface area contributed by atoms with E-state index in [4.69, 9.17) is 10.5 Å². The molecule has 1 saturated carbocycles. The Hall–Kier alpha value is -0.820. The summed E-state index contributed by atoms with van der Waals surface area (Å²) in [6, 6.07) is 0. The van der Waals surface area contributed by atoms with E-state index in [1.165, 1.54) is 12.0 Å². The number of carbonyl (C=O) groups excluding carboxylic acids is 1. The molecule has 0 spiro atoms. The van der Waals surface area contributed by atoms with E-state index < -0.39 is 24.2 Å².